The van der Waals surface area contributed by atoms with Gasteiger partial charge < -0.3 is 10.6 Å². The number of carbonyl (C=O) groups is 1. The van der Waals surface area contributed by atoms with E-state index in [0.717, 1.165) is 14.6 Å². The van der Waals surface area contributed by atoms with E-state index >= 15 is 0 Å². The van der Waals surface area contributed by atoms with Crippen LogP contribution >= 0.6 is 43.5 Å². The van der Waals surface area contributed by atoms with Crippen LogP contribution in [0.15, 0.2) is 45.3 Å². The Labute approximate surface area is 139 Å². The van der Waals surface area contributed by atoms with Gasteiger partial charge in [0.15, 0.2) is 0 Å². The van der Waals surface area contributed by atoms with Gasteiger partial charge in [0, 0.05) is 26.7 Å². The van der Waals surface area contributed by atoms with Gasteiger partial charge in [0.05, 0.1) is 11.3 Å². The molecule has 2 aromatic carbocycles. The molecule has 0 aliphatic rings. The predicted molar refractivity (Wildman–Crippen MR) is 90.8 cm³/mol. The number of anilines is 2. The molecule has 0 bridgehead atoms. The van der Waals surface area contributed by atoms with Crippen LogP contribution in [-0.2, 0) is 0 Å². The summed E-state index contributed by atoms with van der Waals surface area (Å²) in [7, 11) is 1.76. The SMILES string of the molecule is CNc1ccc(Cl)cc1C(=O)Nc1c(Br)cccc1Br. The molecule has 0 aliphatic carbocycles. The summed E-state index contributed by atoms with van der Waals surface area (Å²) in [5, 5.41) is 6.36. The molecule has 3 nitrogen and oxygen atoms in total. The second-order valence-corrected chi connectivity index (χ2v) is 6.14. The molecule has 0 saturated heterocycles. The summed E-state index contributed by atoms with van der Waals surface area (Å²) in [4.78, 5) is 12.4. The quantitative estimate of drug-likeness (QED) is 0.723. The average molecular weight is 419 g/mol. The molecule has 20 heavy (non-hydrogen) atoms. The van der Waals surface area contributed by atoms with Gasteiger partial charge in [-0.15, -0.1) is 0 Å². The number of rotatable bonds is 3. The van der Waals surface area contributed by atoms with Crippen molar-refractivity contribution in [3.8, 4) is 0 Å². The zero-order valence-electron chi connectivity index (χ0n) is 10.5. The van der Waals surface area contributed by atoms with Crippen molar-refractivity contribution >= 4 is 60.7 Å². The van der Waals surface area contributed by atoms with E-state index in [0.29, 0.717) is 16.3 Å². The second-order valence-electron chi connectivity index (χ2n) is 3.99. The van der Waals surface area contributed by atoms with Gasteiger partial charge in [0.25, 0.3) is 5.91 Å². The van der Waals surface area contributed by atoms with Crippen molar-refractivity contribution in [2.45, 2.75) is 0 Å². The number of para-hydroxylation sites is 1. The zero-order valence-corrected chi connectivity index (χ0v) is 14.4. The van der Waals surface area contributed by atoms with Crippen molar-refractivity contribution in [2.24, 2.45) is 0 Å². The normalized spacial score (nSPS) is 10.2. The van der Waals surface area contributed by atoms with E-state index in [1.807, 2.05) is 18.2 Å². The summed E-state index contributed by atoms with van der Waals surface area (Å²) in [6.07, 6.45) is 0. The van der Waals surface area contributed by atoms with Gasteiger partial charge in [-0.3, -0.25) is 4.79 Å². The molecule has 1 amide bonds. The Balaban J connectivity index is 2.35. The zero-order chi connectivity index (χ0) is 14.7. The van der Waals surface area contributed by atoms with Crippen LogP contribution in [0.25, 0.3) is 0 Å². The molecule has 0 aromatic heterocycles. The Bertz CT molecular complexity index is 641. The molecule has 2 aromatic rings. The van der Waals surface area contributed by atoms with Crippen LogP contribution in [0.3, 0.4) is 0 Å². The van der Waals surface area contributed by atoms with E-state index < -0.39 is 0 Å². The molecule has 0 saturated carbocycles. The van der Waals surface area contributed by atoms with Crippen molar-refractivity contribution in [1.82, 2.24) is 0 Å². The Morgan fingerprint density at radius 3 is 2.40 bits per heavy atom. The van der Waals surface area contributed by atoms with E-state index in [1.165, 1.54) is 0 Å². The number of amides is 1. The molecule has 0 atom stereocenters. The van der Waals surface area contributed by atoms with E-state index in [1.54, 1.807) is 25.2 Å². The van der Waals surface area contributed by atoms with Crippen molar-refractivity contribution < 1.29 is 4.79 Å². The van der Waals surface area contributed by atoms with Crippen LogP contribution in [0.4, 0.5) is 11.4 Å². The number of carbonyl (C=O) groups excluding carboxylic acids is 1. The lowest BCUT2D eigenvalue weighted by molar-refractivity contribution is 0.102. The first kappa shape index (κ1) is 15.4. The van der Waals surface area contributed by atoms with Crippen molar-refractivity contribution in [1.29, 1.82) is 0 Å². The Morgan fingerprint density at radius 1 is 1.15 bits per heavy atom. The predicted octanol–water partition coefficient (Wildman–Crippen LogP) is 5.16. The summed E-state index contributed by atoms with van der Waals surface area (Å²) >= 11 is 12.8. The first-order valence-electron chi connectivity index (χ1n) is 5.75. The molecule has 0 spiro atoms. The molecule has 0 radical (unpaired) electrons. The number of halogens is 3. The largest absolute Gasteiger partial charge is 0.387 e. The van der Waals surface area contributed by atoms with Gasteiger partial charge >= 0.3 is 0 Å². The molecule has 2 rings (SSSR count). The van der Waals surface area contributed by atoms with Gasteiger partial charge in [0.2, 0.25) is 0 Å². The first-order chi connectivity index (χ1) is 9.52. The highest BCUT2D eigenvalue weighted by atomic mass is 79.9. The number of hydrogen-bond acceptors (Lipinski definition) is 2. The maximum absolute atomic E-state index is 12.4. The van der Waals surface area contributed by atoms with E-state index in [2.05, 4.69) is 42.5 Å². The highest BCUT2D eigenvalue weighted by Gasteiger charge is 2.14. The third-order valence-corrected chi connectivity index (χ3v) is 4.25. The van der Waals surface area contributed by atoms with Crippen molar-refractivity contribution in [3.05, 3.63) is 55.9 Å². The van der Waals surface area contributed by atoms with Crippen LogP contribution in [-0.4, -0.2) is 13.0 Å². The molecule has 0 aliphatic heterocycles. The fourth-order valence-corrected chi connectivity index (χ4v) is 3.09. The minimum absolute atomic E-state index is 0.232. The summed E-state index contributed by atoms with van der Waals surface area (Å²) in [6, 6.07) is 10.7. The fourth-order valence-electron chi connectivity index (χ4n) is 1.72. The Morgan fingerprint density at radius 2 is 1.80 bits per heavy atom. The molecule has 6 heteroatoms. The molecule has 0 fully saturated rings. The third kappa shape index (κ3) is 3.34. The molecular formula is C14H11Br2ClN2O. The van der Waals surface area contributed by atoms with Gasteiger partial charge in [-0.25, -0.2) is 0 Å². The standard InChI is InChI=1S/C14H11Br2ClN2O/c1-18-12-6-5-8(17)7-9(12)14(20)19-13-10(15)3-2-4-11(13)16/h2-7,18H,1H3,(H,19,20). The van der Waals surface area contributed by atoms with E-state index in [-0.39, 0.29) is 5.91 Å². The first-order valence-corrected chi connectivity index (χ1v) is 7.72. The van der Waals surface area contributed by atoms with Gasteiger partial charge in [-0.1, -0.05) is 17.7 Å². The van der Waals surface area contributed by atoms with Crippen molar-refractivity contribution in [2.75, 3.05) is 17.7 Å². The van der Waals surface area contributed by atoms with Gasteiger partial charge in [-0.2, -0.15) is 0 Å². The monoisotopic (exact) mass is 416 g/mol. The van der Waals surface area contributed by atoms with Gasteiger partial charge in [-0.05, 0) is 62.2 Å². The van der Waals surface area contributed by atoms with Crippen LogP contribution in [0.5, 0.6) is 0 Å². The highest BCUT2D eigenvalue weighted by Crippen LogP contribution is 2.31. The molecular weight excluding hydrogens is 407 g/mol. The second kappa shape index (κ2) is 6.61. The molecule has 104 valence electrons. The maximum Gasteiger partial charge on any atom is 0.257 e. The summed E-state index contributed by atoms with van der Waals surface area (Å²) < 4.78 is 1.60. The lowest BCUT2D eigenvalue weighted by atomic mass is 10.1. The van der Waals surface area contributed by atoms with Crippen molar-refractivity contribution in [3.63, 3.8) is 0 Å². The minimum Gasteiger partial charge on any atom is -0.387 e. The number of hydrogen-bond donors (Lipinski definition) is 2. The van der Waals surface area contributed by atoms with E-state index in [9.17, 15) is 4.79 Å². The van der Waals surface area contributed by atoms with Crippen LogP contribution in [0.1, 0.15) is 10.4 Å². The maximum atomic E-state index is 12.4. The topological polar surface area (TPSA) is 41.1 Å². The number of nitrogens with one attached hydrogen (secondary N) is 2. The van der Waals surface area contributed by atoms with E-state index in [4.69, 9.17) is 11.6 Å². The highest BCUT2D eigenvalue weighted by molar-refractivity contribution is 9.11. The van der Waals surface area contributed by atoms with Crippen LogP contribution < -0.4 is 10.6 Å². The molecule has 0 unspecified atom stereocenters. The lowest BCUT2D eigenvalue weighted by Crippen LogP contribution is -2.14. The minimum atomic E-state index is -0.232. The average Bonchev–Trinajstić information content (AvgIpc) is 2.43. The fraction of sp³-hybridized carbons (Fsp3) is 0.0714. The molecule has 0 heterocycles. The summed E-state index contributed by atoms with van der Waals surface area (Å²) in [6.45, 7) is 0. The third-order valence-electron chi connectivity index (χ3n) is 2.70. The van der Waals surface area contributed by atoms with Gasteiger partial charge in [0.1, 0.15) is 0 Å². The molecule has 2 N–H and O–H groups in total. The summed E-state index contributed by atoms with van der Waals surface area (Å²) in [5.74, 6) is -0.232. The smallest absolute Gasteiger partial charge is 0.257 e. The Hall–Kier alpha value is -1.04. The van der Waals surface area contributed by atoms with Crippen LogP contribution in [0, 0.1) is 0 Å². The Kier molecular flexibility index (Phi) is 5.07. The van der Waals surface area contributed by atoms with Crippen LogP contribution in [0.2, 0.25) is 5.02 Å². The lowest BCUT2D eigenvalue weighted by Gasteiger charge is -2.12. The number of benzene rings is 2. The summed E-state index contributed by atoms with van der Waals surface area (Å²) in [5.41, 5.74) is 1.89.